The fraction of sp³-hybridized carbons (Fsp3) is 0.538. The van der Waals surface area contributed by atoms with Crippen molar-refractivity contribution in [1.29, 1.82) is 0 Å². The third-order valence-electron chi connectivity index (χ3n) is 4.25. The monoisotopic (exact) mass is 279 g/mol. The smallest absolute Gasteiger partial charge is 0.269 e. The molecule has 108 valence electrons. The van der Waals surface area contributed by atoms with Crippen molar-refractivity contribution in [3.8, 4) is 0 Å². The number of non-ortho nitro benzene ring substituents is 1. The normalized spacial score (nSPS) is 31.2. The van der Waals surface area contributed by atoms with Crippen LogP contribution in [0.5, 0.6) is 0 Å². The molecule has 1 aromatic carbocycles. The first-order valence-electron chi connectivity index (χ1n) is 6.78. The largest absolute Gasteiger partial charge is 0.312 e. The second kappa shape index (κ2) is 5.10. The zero-order chi connectivity index (χ0) is 14.3. The molecular weight excluding hydrogens is 262 g/mol. The van der Waals surface area contributed by atoms with Gasteiger partial charge in [0.1, 0.15) is 6.17 Å². The Morgan fingerprint density at radius 2 is 1.75 bits per heavy atom. The van der Waals surface area contributed by atoms with Gasteiger partial charge in [0.15, 0.2) is 0 Å². The van der Waals surface area contributed by atoms with E-state index in [1.807, 2.05) is 0 Å². The fourth-order valence-corrected chi connectivity index (χ4v) is 3.30. The third kappa shape index (κ3) is 2.08. The van der Waals surface area contributed by atoms with Crippen LogP contribution < -0.4 is 0 Å². The summed E-state index contributed by atoms with van der Waals surface area (Å²) in [5.41, 5.74) is 0.484. The van der Waals surface area contributed by atoms with Crippen LogP contribution in [0.1, 0.15) is 37.4 Å². The van der Waals surface area contributed by atoms with Gasteiger partial charge in [0.2, 0.25) is 0 Å². The molecule has 1 aromatic rings. The molecule has 3 rings (SSSR count). The van der Waals surface area contributed by atoms with E-state index in [0.29, 0.717) is 5.56 Å². The van der Waals surface area contributed by atoms with E-state index in [1.165, 1.54) is 12.1 Å². The Balaban J connectivity index is 1.93. The van der Waals surface area contributed by atoms with Gasteiger partial charge < -0.3 is 10.4 Å². The maximum absolute atomic E-state index is 10.8. The van der Waals surface area contributed by atoms with Crippen molar-refractivity contribution in [2.45, 2.75) is 43.9 Å². The molecule has 7 nitrogen and oxygen atoms in total. The van der Waals surface area contributed by atoms with Gasteiger partial charge in [-0.2, -0.15) is 10.1 Å². The molecule has 2 N–H and O–H groups in total. The number of nitrogens with zero attached hydrogens (tertiary/aromatic N) is 3. The predicted octanol–water partition coefficient (Wildman–Crippen LogP) is 2.30. The molecule has 0 radical (unpaired) electrons. The number of hydroxylamine groups is 4. The van der Waals surface area contributed by atoms with Crippen LogP contribution in [0.3, 0.4) is 0 Å². The van der Waals surface area contributed by atoms with Crippen LogP contribution in [0.2, 0.25) is 0 Å². The first-order chi connectivity index (χ1) is 9.59. The van der Waals surface area contributed by atoms with Crippen LogP contribution in [-0.4, -0.2) is 37.5 Å². The topological polar surface area (TPSA) is 90.1 Å². The van der Waals surface area contributed by atoms with Crippen molar-refractivity contribution in [1.82, 2.24) is 10.1 Å². The van der Waals surface area contributed by atoms with Crippen LogP contribution >= 0.6 is 0 Å². The SMILES string of the molecule is O=[N+]([O-])c1cccc(C2N(O)[C@@H]3CCCC[C@@H]3N2O)c1. The molecule has 2 fully saturated rings. The molecule has 0 aromatic heterocycles. The first kappa shape index (κ1) is 13.4. The van der Waals surface area contributed by atoms with E-state index in [-0.39, 0.29) is 17.8 Å². The molecule has 0 spiro atoms. The second-order valence-electron chi connectivity index (χ2n) is 5.40. The summed E-state index contributed by atoms with van der Waals surface area (Å²) in [6.07, 6.45) is 2.96. The number of nitro groups is 1. The highest BCUT2D eigenvalue weighted by atomic mass is 16.6. The van der Waals surface area contributed by atoms with Crippen LogP contribution in [0, 0.1) is 10.1 Å². The van der Waals surface area contributed by atoms with E-state index in [9.17, 15) is 20.5 Å². The van der Waals surface area contributed by atoms with Gasteiger partial charge in [-0.05, 0) is 18.4 Å². The van der Waals surface area contributed by atoms with Crippen molar-refractivity contribution in [3.63, 3.8) is 0 Å². The molecule has 1 saturated carbocycles. The summed E-state index contributed by atoms with van der Waals surface area (Å²) in [5.74, 6) is 0. The van der Waals surface area contributed by atoms with Gasteiger partial charge in [-0.15, -0.1) is 0 Å². The van der Waals surface area contributed by atoms with E-state index >= 15 is 0 Å². The van der Waals surface area contributed by atoms with Crippen LogP contribution in [0.15, 0.2) is 24.3 Å². The summed E-state index contributed by atoms with van der Waals surface area (Å²) in [5, 5.41) is 33.7. The molecule has 7 heteroatoms. The maximum atomic E-state index is 10.8. The molecule has 0 bridgehead atoms. The van der Waals surface area contributed by atoms with Gasteiger partial charge in [0.05, 0.1) is 17.0 Å². The fourth-order valence-electron chi connectivity index (χ4n) is 3.30. The minimum Gasteiger partial charge on any atom is -0.312 e. The summed E-state index contributed by atoms with van der Waals surface area (Å²) in [4.78, 5) is 10.4. The Bertz CT molecular complexity index is 506. The molecule has 0 amide bonds. The van der Waals surface area contributed by atoms with Crippen molar-refractivity contribution >= 4 is 5.69 Å². The van der Waals surface area contributed by atoms with Crippen LogP contribution in [-0.2, 0) is 0 Å². The minimum absolute atomic E-state index is 0.0424. The number of fused-ring (bicyclic) bond motifs is 1. The Labute approximate surface area is 116 Å². The summed E-state index contributed by atoms with van der Waals surface area (Å²) < 4.78 is 0. The average Bonchev–Trinajstić information content (AvgIpc) is 2.72. The third-order valence-corrected chi connectivity index (χ3v) is 4.25. The number of hydrogen-bond acceptors (Lipinski definition) is 6. The number of nitro benzene ring substituents is 1. The van der Waals surface area contributed by atoms with Crippen molar-refractivity contribution in [2.24, 2.45) is 0 Å². The number of hydrogen-bond donors (Lipinski definition) is 2. The molecule has 1 heterocycles. The standard InChI is InChI=1S/C13H17N3O4/c17-14-11-6-1-2-7-12(11)15(18)13(14)9-4-3-5-10(8-9)16(19)20/h3-5,8,11-13,17-18H,1-2,6-7H2/t11-,12+,13?. The van der Waals surface area contributed by atoms with E-state index in [2.05, 4.69) is 0 Å². The Kier molecular flexibility index (Phi) is 3.43. The molecule has 20 heavy (non-hydrogen) atoms. The molecule has 1 unspecified atom stereocenters. The number of rotatable bonds is 2. The zero-order valence-corrected chi connectivity index (χ0v) is 10.9. The summed E-state index contributed by atoms with van der Waals surface area (Å²) in [7, 11) is 0. The lowest BCUT2D eigenvalue weighted by Crippen LogP contribution is -2.37. The summed E-state index contributed by atoms with van der Waals surface area (Å²) >= 11 is 0. The van der Waals surface area contributed by atoms with E-state index in [0.717, 1.165) is 35.8 Å². The molecule has 1 aliphatic carbocycles. The predicted molar refractivity (Wildman–Crippen MR) is 69.1 cm³/mol. The minimum atomic E-state index is -0.733. The van der Waals surface area contributed by atoms with E-state index in [1.54, 1.807) is 12.1 Å². The lowest BCUT2D eigenvalue weighted by molar-refractivity contribution is -0.385. The van der Waals surface area contributed by atoms with Crippen LogP contribution in [0.25, 0.3) is 0 Å². The second-order valence-corrected chi connectivity index (χ2v) is 5.40. The molecular formula is C13H17N3O4. The molecule has 2 aliphatic rings. The molecule has 1 aliphatic heterocycles. The van der Waals surface area contributed by atoms with Gasteiger partial charge in [0.25, 0.3) is 5.69 Å². The van der Waals surface area contributed by atoms with Gasteiger partial charge in [-0.25, -0.2) is 0 Å². The van der Waals surface area contributed by atoms with Gasteiger partial charge in [-0.3, -0.25) is 10.1 Å². The highest BCUT2D eigenvalue weighted by Gasteiger charge is 2.48. The van der Waals surface area contributed by atoms with Crippen molar-refractivity contribution in [3.05, 3.63) is 39.9 Å². The maximum Gasteiger partial charge on any atom is 0.269 e. The molecule has 3 atom stereocenters. The van der Waals surface area contributed by atoms with Crippen molar-refractivity contribution < 1.29 is 15.3 Å². The summed E-state index contributed by atoms with van der Waals surface area (Å²) in [6.45, 7) is 0. The van der Waals surface area contributed by atoms with Gasteiger partial charge in [-0.1, -0.05) is 25.0 Å². The van der Waals surface area contributed by atoms with Gasteiger partial charge in [0, 0.05) is 12.1 Å². The lowest BCUT2D eigenvalue weighted by Gasteiger charge is -2.27. The van der Waals surface area contributed by atoms with E-state index in [4.69, 9.17) is 0 Å². The Morgan fingerprint density at radius 1 is 1.15 bits per heavy atom. The van der Waals surface area contributed by atoms with Gasteiger partial charge >= 0.3 is 0 Å². The van der Waals surface area contributed by atoms with Crippen molar-refractivity contribution in [2.75, 3.05) is 0 Å². The lowest BCUT2D eigenvalue weighted by atomic mass is 9.91. The highest BCUT2D eigenvalue weighted by molar-refractivity contribution is 5.36. The first-order valence-corrected chi connectivity index (χ1v) is 6.78. The summed E-state index contributed by atoms with van der Waals surface area (Å²) in [6, 6.07) is 5.82. The zero-order valence-electron chi connectivity index (χ0n) is 10.9. The average molecular weight is 279 g/mol. The molecule has 1 saturated heterocycles. The number of benzene rings is 1. The van der Waals surface area contributed by atoms with Crippen LogP contribution in [0.4, 0.5) is 5.69 Å². The Hall–Kier alpha value is -1.54. The Morgan fingerprint density at radius 3 is 2.30 bits per heavy atom. The quantitative estimate of drug-likeness (QED) is 0.637. The highest BCUT2D eigenvalue weighted by Crippen LogP contribution is 2.41. The van der Waals surface area contributed by atoms with E-state index < -0.39 is 11.1 Å².